The van der Waals surface area contributed by atoms with E-state index in [-0.39, 0.29) is 0 Å². The average molecular weight is 271 g/mol. The molecule has 0 aliphatic rings. The Hall–Kier alpha value is -0.500. The van der Waals surface area contributed by atoms with Gasteiger partial charge < -0.3 is 4.74 Å². The predicted molar refractivity (Wildman–Crippen MR) is 68.6 cm³/mol. The maximum absolute atomic E-state index is 5.79. The van der Waals surface area contributed by atoms with Crippen LogP contribution in [0.25, 0.3) is 0 Å². The zero-order chi connectivity index (χ0) is 11.4. The largest absolute Gasteiger partial charge is 0.493 e. The van der Waals surface area contributed by atoms with Crippen LogP contribution in [0.15, 0.2) is 22.7 Å². The van der Waals surface area contributed by atoms with E-state index in [0.717, 1.165) is 16.8 Å². The third kappa shape index (κ3) is 3.86. The minimum Gasteiger partial charge on any atom is -0.493 e. The van der Waals surface area contributed by atoms with Gasteiger partial charge in [-0.1, -0.05) is 43.6 Å². The quantitative estimate of drug-likeness (QED) is 0.777. The van der Waals surface area contributed by atoms with Gasteiger partial charge in [-0.25, -0.2) is 0 Å². The van der Waals surface area contributed by atoms with Crippen molar-refractivity contribution in [3.63, 3.8) is 0 Å². The van der Waals surface area contributed by atoms with Crippen LogP contribution in [0.1, 0.15) is 39.2 Å². The van der Waals surface area contributed by atoms with E-state index < -0.39 is 0 Å². The standard InChI is InChI=1S/C13H19BrO/c1-9(2)8-15-13-6-5-11(14)7-12(13)10(3)4/h5-7,9-10H,8H2,1-4H3. The third-order valence-corrected chi connectivity index (χ3v) is 2.66. The first-order valence-electron chi connectivity index (χ1n) is 5.43. The molecule has 15 heavy (non-hydrogen) atoms. The summed E-state index contributed by atoms with van der Waals surface area (Å²) in [5.74, 6) is 2.07. The van der Waals surface area contributed by atoms with Crippen molar-refractivity contribution >= 4 is 15.9 Å². The Bertz CT molecular complexity index is 318. The van der Waals surface area contributed by atoms with E-state index in [2.05, 4.69) is 49.7 Å². The molecule has 1 nitrogen and oxygen atoms in total. The first kappa shape index (κ1) is 12.6. The highest BCUT2D eigenvalue weighted by molar-refractivity contribution is 9.10. The molecule has 1 rings (SSSR count). The molecule has 1 aromatic rings. The molecular weight excluding hydrogens is 252 g/mol. The van der Waals surface area contributed by atoms with Crippen LogP contribution >= 0.6 is 15.9 Å². The van der Waals surface area contributed by atoms with Gasteiger partial charge in [0.1, 0.15) is 5.75 Å². The summed E-state index contributed by atoms with van der Waals surface area (Å²) in [6, 6.07) is 6.21. The lowest BCUT2D eigenvalue weighted by Gasteiger charge is -2.15. The Balaban J connectivity index is 2.86. The van der Waals surface area contributed by atoms with Gasteiger partial charge in [0, 0.05) is 4.47 Å². The molecule has 1 aromatic carbocycles. The number of benzene rings is 1. The summed E-state index contributed by atoms with van der Waals surface area (Å²) < 4.78 is 6.91. The Kier molecular flexibility index (Phi) is 4.65. The van der Waals surface area contributed by atoms with Gasteiger partial charge in [0.05, 0.1) is 6.61 Å². The predicted octanol–water partition coefficient (Wildman–Crippen LogP) is 4.61. The Morgan fingerprint density at radius 1 is 1.20 bits per heavy atom. The molecule has 0 aliphatic carbocycles. The number of hydrogen-bond acceptors (Lipinski definition) is 1. The zero-order valence-corrected chi connectivity index (χ0v) is 11.5. The number of hydrogen-bond donors (Lipinski definition) is 0. The van der Waals surface area contributed by atoms with Crippen molar-refractivity contribution in [1.29, 1.82) is 0 Å². The van der Waals surface area contributed by atoms with E-state index >= 15 is 0 Å². The highest BCUT2D eigenvalue weighted by atomic mass is 79.9. The fraction of sp³-hybridized carbons (Fsp3) is 0.538. The van der Waals surface area contributed by atoms with E-state index in [9.17, 15) is 0 Å². The first-order valence-corrected chi connectivity index (χ1v) is 6.22. The molecule has 0 aromatic heterocycles. The monoisotopic (exact) mass is 270 g/mol. The van der Waals surface area contributed by atoms with E-state index in [1.165, 1.54) is 5.56 Å². The van der Waals surface area contributed by atoms with Gasteiger partial charge >= 0.3 is 0 Å². The Morgan fingerprint density at radius 3 is 2.40 bits per heavy atom. The number of rotatable bonds is 4. The van der Waals surface area contributed by atoms with Crippen LogP contribution in [-0.2, 0) is 0 Å². The van der Waals surface area contributed by atoms with Crippen molar-refractivity contribution < 1.29 is 4.74 Å². The Labute approximate surface area is 101 Å². The van der Waals surface area contributed by atoms with Crippen molar-refractivity contribution in [1.82, 2.24) is 0 Å². The summed E-state index contributed by atoms with van der Waals surface area (Å²) in [5.41, 5.74) is 1.27. The van der Waals surface area contributed by atoms with Gasteiger partial charge in [-0.15, -0.1) is 0 Å². The fourth-order valence-corrected chi connectivity index (χ4v) is 1.74. The SMILES string of the molecule is CC(C)COc1ccc(Br)cc1C(C)C. The van der Waals surface area contributed by atoms with Crippen molar-refractivity contribution in [2.24, 2.45) is 5.92 Å². The molecule has 0 unspecified atom stereocenters. The minimum atomic E-state index is 0.490. The number of ether oxygens (including phenoxy) is 1. The van der Waals surface area contributed by atoms with Crippen LogP contribution in [0.2, 0.25) is 0 Å². The van der Waals surface area contributed by atoms with Gasteiger partial charge in [0.25, 0.3) is 0 Å². The van der Waals surface area contributed by atoms with Crippen molar-refractivity contribution in [2.45, 2.75) is 33.6 Å². The molecule has 2 heteroatoms. The molecule has 0 atom stereocenters. The van der Waals surface area contributed by atoms with Crippen LogP contribution in [0.4, 0.5) is 0 Å². The smallest absolute Gasteiger partial charge is 0.122 e. The van der Waals surface area contributed by atoms with Crippen LogP contribution in [0, 0.1) is 5.92 Å². The van der Waals surface area contributed by atoms with Crippen LogP contribution in [0.3, 0.4) is 0 Å². The zero-order valence-electron chi connectivity index (χ0n) is 9.88. The van der Waals surface area contributed by atoms with Crippen molar-refractivity contribution in [3.8, 4) is 5.75 Å². The molecule has 0 saturated heterocycles. The van der Waals surface area contributed by atoms with E-state index in [1.807, 2.05) is 12.1 Å². The fourth-order valence-electron chi connectivity index (χ4n) is 1.36. The van der Waals surface area contributed by atoms with Gasteiger partial charge in [-0.05, 0) is 35.6 Å². The van der Waals surface area contributed by atoms with E-state index in [1.54, 1.807) is 0 Å². The maximum Gasteiger partial charge on any atom is 0.122 e. The molecule has 0 N–H and O–H groups in total. The second-order valence-electron chi connectivity index (χ2n) is 4.54. The van der Waals surface area contributed by atoms with Crippen LogP contribution in [0.5, 0.6) is 5.75 Å². The summed E-state index contributed by atoms with van der Waals surface area (Å²) in [4.78, 5) is 0. The summed E-state index contributed by atoms with van der Waals surface area (Å²) in [7, 11) is 0. The van der Waals surface area contributed by atoms with Crippen molar-refractivity contribution in [3.05, 3.63) is 28.2 Å². The molecule has 0 aliphatic heterocycles. The first-order chi connectivity index (χ1) is 7.00. The molecule has 0 saturated carbocycles. The normalized spacial score (nSPS) is 11.1. The van der Waals surface area contributed by atoms with Gasteiger partial charge in [-0.2, -0.15) is 0 Å². The summed E-state index contributed by atoms with van der Waals surface area (Å²) >= 11 is 3.49. The topological polar surface area (TPSA) is 9.23 Å². The molecule has 0 bridgehead atoms. The molecular formula is C13H19BrO. The lowest BCUT2D eigenvalue weighted by molar-refractivity contribution is 0.267. The average Bonchev–Trinajstić information content (AvgIpc) is 2.15. The summed E-state index contributed by atoms with van der Waals surface area (Å²) in [5, 5.41) is 0. The second kappa shape index (κ2) is 5.55. The van der Waals surface area contributed by atoms with Gasteiger partial charge in [0.2, 0.25) is 0 Å². The maximum atomic E-state index is 5.79. The molecule has 0 radical (unpaired) electrons. The highest BCUT2D eigenvalue weighted by Crippen LogP contribution is 2.29. The Morgan fingerprint density at radius 2 is 1.87 bits per heavy atom. The van der Waals surface area contributed by atoms with Gasteiger partial charge in [0.15, 0.2) is 0 Å². The van der Waals surface area contributed by atoms with Crippen molar-refractivity contribution in [2.75, 3.05) is 6.61 Å². The van der Waals surface area contributed by atoms with E-state index in [0.29, 0.717) is 11.8 Å². The molecule has 84 valence electrons. The van der Waals surface area contributed by atoms with Gasteiger partial charge in [-0.3, -0.25) is 0 Å². The lowest BCUT2D eigenvalue weighted by Crippen LogP contribution is -2.06. The van der Waals surface area contributed by atoms with E-state index in [4.69, 9.17) is 4.74 Å². The minimum absolute atomic E-state index is 0.490. The lowest BCUT2D eigenvalue weighted by atomic mass is 10.0. The van der Waals surface area contributed by atoms with Crippen LogP contribution < -0.4 is 4.74 Å². The third-order valence-electron chi connectivity index (χ3n) is 2.17. The molecule has 0 fully saturated rings. The molecule has 0 heterocycles. The van der Waals surface area contributed by atoms with Crippen LogP contribution in [-0.4, -0.2) is 6.61 Å². The number of halogens is 1. The second-order valence-corrected chi connectivity index (χ2v) is 5.46. The molecule has 0 amide bonds. The highest BCUT2D eigenvalue weighted by Gasteiger charge is 2.08. The summed E-state index contributed by atoms with van der Waals surface area (Å²) in [6.07, 6.45) is 0. The summed E-state index contributed by atoms with van der Waals surface area (Å²) in [6.45, 7) is 9.47. The molecule has 0 spiro atoms.